The van der Waals surface area contributed by atoms with Gasteiger partial charge in [0.1, 0.15) is 0 Å². The van der Waals surface area contributed by atoms with Crippen LogP contribution in [0.15, 0.2) is 0 Å². The van der Waals surface area contributed by atoms with Crippen molar-refractivity contribution in [1.29, 1.82) is 0 Å². The minimum atomic E-state index is -1.07. The fraction of sp³-hybridized carbons (Fsp3) is 0.667. The van der Waals surface area contributed by atoms with E-state index < -0.39 is 24.3 Å². The normalized spacial score (nSPS) is 30.1. The first-order valence-electron chi connectivity index (χ1n) is 3.17. The van der Waals surface area contributed by atoms with Gasteiger partial charge in [-0.2, -0.15) is 0 Å². The zero-order valence-corrected chi connectivity index (χ0v) is 5.94. The summed E-state index contributed by atoms with van der Waals surface area (Å²) in [5.74, 6) is -1.67. The Kier molecular flexibility index (Phi) is 2.09. The number of hydrogen-bond donors (Lipinski definition) is 1. The molecule has 0 aromatic carbocycles. The second kappa shape index (κ2) is 2.87. The smallest absolute Gasteiger partial charge is 0.338 e. The lowest BCUT2D eigenvalue weighted by atomic mass is 10.3. The minimum Gasteiger partial charge on any atom is -0.481 e. The van der Waals surface area contributed by atoms with Gasteiger partial charge in [0.05, 0.1) is 6.42 Å². The Labute approximate surface area is 62.9 Å². The van der Waals surface area contributed by atoms with Gasteiger partial charge in [-0.05, 0) is 6.92 Å². The third-order valence-corrected chi connectivity index (χ3v) is 1.26. The fourth-order valence-electron chi connectivity index (χ4n) is 0.844. The quantitative estimate of drug-likeness (QED) is 0.564. The van der Waals surface area contributed by atoms with Crippen LogP contribution < -0.4 is 0 Å². The molecule has 1 N–H and O–H groups in total. The third-order valence-electron chi connectivity index (χ3n) is 1.26. The van der Waals surface area contributed by atoms with Gasteiger partial charge >= 0.3 is 11.9 Å². The van der Waals surface area contributed by atoms with Crippen LogP contribution in [-0.2, 0) is 19.1 Å². The molecule has 2 unspecified atom stereocenters. The molecular formula is C6H8O5. The highest BCUT2D eigenvalue weighted by atomic mass is 16.7. The zero-order chi connectivity index (χ0) is 8.43. The van der Waals surface area contributed by atoms with Gasteiger partial charge in [0, 0.05) is 0 Å². The molecule has 0 bridgehead atoms. The van der Waals surface area contributed by atoms with Crippen molar-refractivity contribution in [1.82, 2.24) is 0 Å². The fourth-order valence-corrected chi connectivity index (χ4v) is 0.844. The first-order valence-corrected chi connectivity index (χ1v) is 3.17. The number of hydrogen-bond acceptors (Lipinski definition) is 4. The Balaban J connectivity index is 2.47. The summed E-state index contributed by atoms with van der Waals surface area (Å²) in [5, 5.41) is 8.29. The van der Waals surface area contributed by atoms with Crippen molar-refractivity contribution in [2.45, 2.75) is 25.7 Å². The van der Waals surface area contributed by atoms with Crippen LogP contribution in [0.4, 0.5) is 0 Å². The van der Waals surface area contributed by atoms with Crippen LogP contribution in [0.25, 0.3) is 0 Å². The first kappa shape index (κ1) is 8.00. The summed E-state index contributed by atoms with van der Waals surface area (Å²) in [4.78, 5) is 20.8. The summed E-state index contributed by atoms with van der Waals surface area (Å²) in [7, 11) is 0. The Bertz CT molecular complexity index is 187. The largest absolute Gasteiger partial charge is 0.481 e. The average molecular weight is 160 g/mol. The minimum absolute atomic E-state index is 0.330. The van der Waals surface area contributed by atoms with Crippen LogP contribution in [0.2, 0.25) is 0 Å². The van der Waals surface area contributed by atoms with Crippen LogP contribution in [0.5, 0.6) is 0 Å². The highest BCUT2D eigenvalue weighted by molar-refractivity contribution is 5.82. The summed E-state index contributed by atoms with van der Waals surface area (Å²) in [6, 6.07) is 0. The van der Waals surface area contributed by atoms with Crippen LogP contribution >= 0.6 is 0 Å². The molecule has 0 amide bonds. The van der Waals surface area contributed by atoms with Crippen LogP contribution in [-0.4, -0.2) is 29.4 Å². The van der Waals surface area contributed by atoms with E-state index in [1.165, 1.54) is 0 Å². The number of ether oxygens (including phenoxy) is 2. The number of carboxylic acid groups (broad SMARTS) is 1. The van der Waals surface area contributed by atoms with Gasteiger partial charge in [0.25, 0.3) is 0 Å². The van der Waals surface area contributed by atoms with Crippen LogP contribution in [0, 0.1) is 0 Å². The standard InChI is InChI=1S/C6H8O5/c1-3-10-4(2-5(7)8)6(9)11-3/h3-4H,2H2,1H3,(H,7,8). The molecule has 11 heavy (non-hydrogen) atoms. The molecule has 1 heterocycles. The number of esters is 1. The van der Waals surface area contributed by atoms with Crippen molar-refractivity contribution < 1.29 is 24.2 Å². The highest BCUT2D eigenvalue weighted by Gasteiger charge is 2.34. The summed E-state index contributed by atoms with van der Waals surface area (Å²) in [6.45, 7) is 1.54. The zero-order valence-electron chi connectivity index (χ0n) is 5.94. The van der Waals surface area contributed by atoms with E-state index in [-0.39, 0.29) is 6.42 Å². The predicted octanol–water partition coefficient (Wildman–Crippen LogP) is -0.251. The van der Waals surface area contributed by atoms with E-state index in [0.717, 1.165) is 0 Å². The maximum Gasteiger partial charge on any atom is 0.338 e. The molecule has 2 atom stereocenters. The average Bonchev–Trinajstić information content (AvgIpc) is 2.09. The molecule has 0 aromatic heterocycles. The second-order valence-corrected chi connectivity index (χ2v) is 2.23. The van der Waals surface area contributed by atoms with Crippen molar-refractivity contribution in [3.63, 3.8) is 0 Å². The van der Waals surface area contributed by atoms with Gasteiger partial charge in [-0.1, -0.05) is 0 Å². The Morgan fingerprint density at radius 1 is 1.73 bits per heavy atom. The first-order chi connectivity index (χ1) is 5.09. The topological polar surface area (TPSA) is 72.8 Å². The number of rotatable bonds is 2. The van der Waals surface area contributed by atoms with Gasteiger partial charge in [-0.15, -0.1) is 0 Å². The van der Waals surface area contributed by atoms with Crippen molar-refractivity contribution >= 4 is 11.9 Å². The Morgan fingerprint density at radius 3 is 2.73 bits per heavy atom. The van der Waals surface area contributed by atoms with E-state index in [0.29, 0.717) is 0 Å². The molecule has 0 spiro atoms. The SMILES string of the molecule is CC1OC(=O)C(CC(=O)O)O1. The van der Waals surface area contributed by atoms with Gasteiger partial charge in [-0.25, -0.2) is 4.79 Å². The lowest BCUT2D eigenvalue weighted by Crippen LogP contribution is -2.20. The monoisotopic (exact) mass is 160 g/mol. The molecular weight excluding hydrogens is 152 g/mol. The lowest BCUT2D eigenvalue weighted by molar-refractivity contribution is -0.145. The molecule has 1 fully saturated rings. The van der Waals surface area contributed by atoms with Gasteiger partial charge in [0.15, 0.2) is 6.10 Å². The van der Waals surface area contributed by atoms with Gasteiger partial charge < -0.3 is 14.6 Å². The highest BCUT2D eigenvalue weighted by Crippen LogP contribution is 2.14. The maximum atomic E-state index is 10.7. The molecule has 0 saturated carbocycles. The summed E-state index contributed by atoms with van der Waals surface area (Å²) >= 11 is 0. The predicted molar refractivity (Wildman–Crippen MR) is 32.7 cm³/mol. The number of carbonyl (C=O) groups is 2. The summed E-state index contributed by atoms with van der Waals surface area (Å²) in [5.41, 5.74) is 0. The number of carbonyl (C=O) groups excluding carboxylic acids is 1. The van der Waals surface area contributed by atoms with Gasteiger partial charge in [0.2, 0.25) is 6.29 Å². The maximum absolute atomic E-state index is 10.7. The van der Waals surface area contributed by atoms with E-state index in [9.17, 15) is 9.59 Å². The van der Waals surface area contributed by atoms with Crippen molar-refractivity contribution in [2.75, 3.05) is 0 Å². The summed E-state index contributed by atoms with van der Waals surface area (Å²) in [6.07, 6.45) is -1.88. The van der Waals surface area contributed by atoms with Crippen molar-refractivity contribution in [3.05, 3.63) is 0 Å². The Morgan fingerprint density at radius 2 is 2.36 bits per heavy atom. The van der Waals surface area contributed by atoms with E-state index in [1.807, 2.05) is 0 Å². The molecule has 1 aliphatic rings. The van der Waals surface area contributed by atoms with E-state index in [2.05, 4.69) is 4.74 Å². The number of aliphatic carboxylic acids is 1. The second-order valence-electron chi connectivity index (χ2n) is 2.23. The van der Waals surface area contributed by atoms with Crippen molar-refractivity contribution in [2.24, 2.45) is 0 Å². The lowest BCUT2D eigenvalue weighted by Gasteiger charge is -2.00. The molecule has 1 aliphatic heterocycles. The molecule has 0 aromatic rings. The van der Waals surface area contributed by atoms with E-state index in [4.69, 9.17) is 9.84 Å². The van der Waals surface area contributed by atoms with Crippen molar-refractivity contribution in [3.8, 4) is 0 Å². The number of cyclic esters (lactones) is 1. The number of carboxylic acids is 1. The molecule has 5 heteroatoms. The molecule has 0 radical (unpaired) electrons. The Hall–Kier alpha value is -1.10. The summed E-state index contributed by atoms with van der Waals surface area (Å²) < 4.78 is 9.38. The molecule has 5 nitrogen and oxygen atoms in total. The molecule has 1 saturated heterocycles. The molecule has 0 aliphatic carbocycles. The molecule has 1 rings (SSSR count). The van der Waals surface area contributed by atoms with Crippen LogP contribution in [0.1, 0.15) is 13.3 Å². The van der Waals surface area contributed by atoms with Crippen LogP contribution in [0.3, 0.4) is 0 Å². The van der Waals surface area contributed by atoms with E-state index >= 15 is 0 Å². The molecule has 62 valence electrons. The van der Waals surface area contributed by atoms with E-state index in [1.54, 1.807) is 6.92 Å². The third kappa shape index (κ3) is 1.91. The van der Waals surface area contributed by atoms with Gasteiger partial charge in [-0.3, -0.25) is 4.79 Å².